The van der Waals surface area contributed by atoms with Gasteiger partial charge in [-0.05, 0) is 93.4 Å². The van der Waals surface area contributed by atoms with Crippen LogP contribution in [0.2, 0.25) is 0 Å². The van der Waals surface area contributed by atoms with Crippen LogP contribution in [-0.4, -0.2) is 82.9 Å². The van der Waals surface area contributed by atoms with Gasteiger partial charge in [0.05, 0.1) is 22.5 Å². The second-order valence-corrected chi connectivity index (χ2v) is 20.4. The van der Waals surface area contributed by atoms with Gasteiger partial charge in [0, 0.05) is 75.9 Å². The molecular weight excluding hydrogens is 825 g/mol. The number of aliphatic carboxylic acids is 1. The smallest absolute Gasteiger partial charge is 0.304 e. The zero-order valence-corrected chi connectivity index (χ0v) is 36.5. The monoisotopic (exact) mass is 877 g/mol. The molecule has 316 valence electrons. The third-order valence-corrected chi connectivity index (χ3v) is 14.3. The molecule has 0 aromatic heterocycles. The Labute approximate surface area is 350 Å². The molecule has 0 spiro atoms. The number of anilines is 1. The molecule has 0 bridgehead atoms. The topological polar surface area (TPSA) is 191 Å². The number of thioether (sulfide) groups is 1. The van der Waals surface area contributed by atoms with Crippen LogP contribution < -0.4 is 4.90 Å². The number of rotatable bonds is 20. The molecule has 13 nitrogen and oxygen atoms in total. The molecule has 1 aliphatic carbocycles. The third-order valence-electron chi connectivity index (χ3n) is 10.9. The van der Waals surface area contributed by atoms with Gasteiger partial charge in [0.15, 0.2) is 5.71 Å². The van der Waals surface area contributed by atoms with Crippen LogP contribution in [-0.2, 0) is 45.2 Å². The maximum absolute atomic E-state index is 12.1. The van der Waals surface area contributed by atoms with Crippen molar-refractivity contribution in [1.82, 2.24) is 0 Å². The predicted octanol–water partition coefficient (Wildman–Crippen LogP) is 8.64. The van der Waals surface area contributed by atoms with E-state index in [2.05, 4.69) is 64.2 Å². The summed E-state index contributed by atoms with van der Waals surface area (Å²) in [5, 5.41) is 21.7. The molecular formula is C41H53N2O11S4+. The summed E-state index contributed by atoms with van der Waals surface area (Å²) >= 11 is 2.57. The second-order valence-electron chi connectivity index (χ2n) is 15.6. The van der Waals surface area contributed by atoms with Gasteiger partial charge in [0.25, 0.3) is 20.2 Å². The fourth-order valence-corrected chi connectivity index (χ4v) is 10.7. The minimum Gasteiger partial charge on any atom is -0.481 e. The van der Waals surface area contributed by atoms with Crippen molar-refractivity contribution in [3.05, 3.63) is 99.6 Å². The summed E-state index contributed by atoms with van der Waals surface area (Å²) in [6.45, 7) is 9.55. The minimum atomic E-state index is -4.48. The third kappa shape index (κ3) is 11.1. The van der Waals surface area contributed by atoms with Crippen LogP contribution >= 0.6 is 23.8 Å². The number of hydrogen-bond acceptors (Lipinski definition) is 11. The van der Waals surface area contributed by atoms with Gasteiger partial charge in [0.2, 0.25) is 5.69 Å². The first-order valence-corrected chi connectivity index (χ1v) is 24.2. The van der Waals surface area contributed by atoms with Gasteiger partial charge in [-0.2, -0.15) is 21.4 Å². The molecule has 0 amide bonds. The van der Waals surface area contributed by atoms with Crippen LogP contribution in [0.4, 0.5) is 11.4 Å². The van der Waals surface area contributed by atoms with E-state index in [1.807, 2.05) is 30.9 Å². The lowest BCUT2D eigenvalue weighted by Crippen LogP contribution is -2.28. The number of benzene rings is 2. The summed E-state index contributed by atoms with van der Waals surface area (Å²) in [6, 6.07) is 12.9. The van der Waals surface area contributed by atoms with E-state index in [-0.39, 0.29) is 28.9 Å². The van der Waals surface area contributed by atoms with Crippen molar-refractivity contribution in [2.45, 2.75) is 94.8 Å². The van der Waals surface area contributed by atoms with Crippen molar-refractivity contribution in [2.24, 2.45) is 0 Å². The average molecular weight is 878 g/mol. The molecule has 5 rings (SSSR count). The highest BCUT2D eigenvalue weighted by atomic mass is 32.2. The van der Waals surface area contributed by atoms with Gasteiger partial charge in [-0.1, -0.05) is 49.2 Å². The molecule has 0 atom stereocenters. The van der Waals surface area contributed by atoms with Gasteiger partial charge in [0.1, 0.15) is 6.54 Å². The van der Waals surface area contributed by atoms with Gasteiger partial charge in [-0.25, -0.2) is 5.26 Å². The largest absolute Gasteiger partial charge is 0.481 e. The normalized spacial score (nSPS) is 19.2. The Kier molecular flexibility index (Phi) is 15.3. The van der Waals surface area contributed by atoms with Crippen LogP contribution in [0.3, 0.4) is 0 Å². The Morgan fingerprint density at radius 3 is 2.38 bits per heavy atom. The van der Waals surface area contributed by atoms with Crippen molar-refractivity contribution >= 4 is 67.1 Å². The summed E-state index contributed by atoms with van der Waals surface area (Å²) in [7, 11) is -8.61. The number of hydrogen-bond donors (Lipinski definition) is 4. The van der Waals surface area contributed by atoms with Gasteiger partial charge >= 0.3 is 5.97 Å². The Balaban J connectivity index is 1.55. The maximum Gasteiger partial charge on any atom is 0.304 e. The molecule has 0 radical (unpaired) electrons. The quantitative estimate of drug-likeness (QED) is 0.0247. The fourth-order valence-electron chi connectivity index (χ4n) is 7.98. The number of carbonyl (C=O) groups is 1. The SMILES string of the molecule is CC1(C)C(/C=C/C2=C(SCCC(=O)O)C(=C/C=C3/N(CCCCS(=O)(=O)O)c4ccc(S(=O)(=O)O)cc4C3(C)C)/CCC2)=[N+](CCCCSOOO)c2ccccc21. The van der Waals surface area contributed by atoms with E-state index in [0.29, 0.717) is 30.0 Å². The summed E-state index contributed by atoms with van der Waals surface area (Å²) in [5.74, 6) is -0.219. The predicted molar refractivity (Wildman–Crippen MR) is 229 cm³/mol. The first-order valence-electron chi connectivity index (χ1n) is 19.2. The van der Waals surface area contributed by atoms with Crippen molar-refractivity contribution in [3.63, 3.8) is 0 Å². The average Bonchev–Trinajstić information content (AvgIpc) is 3.50. The number of nitrogens with zero attached hydrogens (tertiary/aromatic N) is 2. The van der Waals surface area contributed by atoms with E-state index in [0.717, 1.165) is 89.5 Å². The first-order chi connectivity index (χ1) is 27.4. The molecule has 2 aliphatic heterocycles. The zero-order valence-electron chi connectivity index (χ0n) is 33.2. The number of fused-ring (bicyclic) bond motifs is 2. The van der Waals surface area contributed by atoms with E-state index in [1.165, 1.54) is 29.5 Å². The molecule has 0 saturated carbocycles. The highest BCUT2D eigenvalue weighted by Gasteiger charge is 2.44. The first kappa shape index (κ1) is 45.8. The van der Waals surface area contributed by atoms with Crippen LogP contribution in [0.15, 0.2) is 93.4 Å². The van der Waals surface area contributed by atoms with E-state index < -0.39 is 31.6 Å². The molecule has 2 aromatic rings. The van der Waals surface area contributed by atoms with Crippen LogP contribution in [0.1, 0.15) is 90.2 Å². The van der Waals surface area contributed by atoms with E-state index in [1.54, 1.807) is 6.07 Å². The van der Waals surface area contributed by atoms with Crippen LogP contribution in [0.5, 0.6) is 0 Å². The number of para-hydroxylation sites is 1. The molecule has 4 N–H and O–H groups in total. The summed E-state index contributed by atoms with van der Waals surface area (Å²) in [4.78, 5) is 14.5. The molecule has 3 aliphatic rings. The highest BCUT2D eigenvalue weighted by molar-refractivity contribution is 8.03. The summed E-state index contributed by atoms with van der Waals surface area (Å²) in [5.41, 5.74) is 6.96. The van der Waals surface area contributed by atoms with Gasteiger partial charge in [-0.15, -0.1) is 16.1 Å². The minimum absolute atomic E-state index is 0.00342. The number of allylic oxidation sites excluding steroid dienone is 7. The molecule has 0 saturated heterocycles. The van der Waals surface area contributed by atoms with Gasteiger partial charge in [-0.3, -0.25) is 13.9 Å². The van der Waals surface area contributed by atoms with E-state index >= 15 is 0 Å². The van der Waals surface area contributed by atoms with E-state index in [9.17, 15) is 35.8 Å². The van der Waals surface area contributed by atoms with Crippen LogP contribution in [0, 0.1) is 0 Å². The molecule has 0 unspecified atom stereocenters. The fraction of sp³-hybridized carbons (Fsp3) is 0.463. The molecule has 2 heterocycles. The van der Waals surface area contributed by atoms with E-state index in [4.69, 9.17) is 5.26 Å². The zero-order chi connectivity index (χ0) is 42.3. The van der Waals surface area contributed by atoms with Crippen molar-refractivity contribution in [2.75, 3.05) is 35.2 Å². The van der Waals surface area contributed by atoms with Crippen molar-refractivity contribution in [3.8, 4) is 0 Å². The Morgan fingerprint density at radius 1 is 0.914 bits per heavy atom. The number of unbranched alkanes of at least 4 members (excludes halogenated alkanes) is 2. The standard InChI is InChI=1S/C41H52N2O11S4/c1-40(2)32-14-5-6-15-34(32)42(23-7-9-25-56-54-53-46)36(40)20-16-29-12-11-13-30(39(29)55-26-22-38(44)45)17-21-37-41(3,4)33-28-31(58(50,51)52)18-19-35(33)43(37)24-8-10-27-57(47,48)49/h5-6,14-21,28H,7-13,22-27H2,1-4H3,(H3-,44,45,46,47,48,49,50,51,52)/p+1. The second kappa shape index (κ2) is 19.4. The number of carboxylic acids is 1. The summed E-state index contributed by atoms with van der Waals surface area (Å²) < 4.78 is 73.3. The molecule has 17 heteroatoms. The highest BCUT2D eigenvalue weighted by Crippen LogP contribution is 2.49. The maximum atomic E-state index is 12.1. The molecule has 0 fully saturated rings. The molecule has 58 heavy (non-hydrogen) atoms. The Hall–Kier alpha value is -3.26. The molecule has 2 aromatic carbocycles. The Bertz CT molecular complexity index is 2240. The lowest BCUT2D eigenvalue weighted by molar-refractivity contribution is -0.438. The summed E-state index contributed by atoms with van der Waals surface area (Å²) in [6.07, 6.45) is 13.2. The van der Waals surface area contributed by atoms with Crippen LogP contribution in [0.25, 0.3) is 0 Å². The Morgan fingerprint density at radius 2 is 1.67 bits per heavy atom. The van der Waals surface area contributed by atoms with Crippen molar-refractivity contribution in [1.29, 1.82) is 0 Å². The van der Waals surface area contributed by atoms with Gasteiger partial charge < -0.3 is 10.0 Å². The lowest BCUT2D eigenvalue weighted by atomic mass is 9.81. The van der Waals surface area contributed by atoms with Crippen molar-refractivity contribution < 1.29 is 55.0 Å². The number of carboxylic acid groups (broad SMARTS) is 1. The lowest BCUT2D eigenvalue weighted by Gasteiger charge is -2.27.